The van der Waals surface area contributed by atoms with Crippen molar-refractivity contribution in [2.75, 3.05) is 0 Å². The summed E-state index contributed by atoms with van der Waals surface area (Å²) >= 11 is 0. The second kappa shape index (κ2) is 7.00. The molecule has 1 aliphatic heterocycles. The van der Waals surface area contributed by atoms with Gasteiger partial charge in [-0.25, -0.2) is 0 Å². The van der Waals surface area contributed by atoms with Gasteiger partial charge in [0.1, 0.15) is 12.4 Å². The minimum absolute atomic E-state index is 0.689. The van der Waals surface area contributed by atoms with E-state index < -0.39 is 0 Å². The van der Waals surface area contributed by atoms with Crippen LogP contribution in [0.3, 0.4) is 0 Å². The van der Waals surface area contributed by atoms with Crippen LogP contribution in [0.1, 0.15) is 63.5 Å². The van der Waals surface area contributed by atoms with Crippen LogP contribution in [0.2, 0.25) is 0 Å². The van der Waals surface area contributed by atoms with Gasteiger partial charge in [0.15, 0.2) is 0 Å². The zero-order valence-electron chi connectivity index (χ0n) is 13.8. The number of hydrogen-bond acceptors (Lipinski definition) is 1. The molecule has 1 aromatic carbocycles. The lowest BCUT2D eigenvalue weighted by atomic mass is 9.85. The Morgan fingerprint density at radius 2 is 1.73 bits per heavy atom. The van der Waals surface area contributed by atoms with Gasteiger partial charge in [0, 0.05) is 5.57 Å². The molecule has 22 heavy (non-hydrogen) atoms. The molecule has 0 unspecified atom stereocenters. The molecule has 0 amide bonds. The van der Waals surface area contributed by atoms with Crippen molar-refractivity contribution in [3.63, 3.8) is 0 Å². The smallest absolute Gasteiger partial charge is 0.123 e. The van der Waals surface area contributed by atoms with Gasteiger partial charge in [-0.1, -0.05) is 62.6 Å². The molecule has 1 nitrogen and oxygen atoms in total. The third-order valence-electron chi connectivity index (χ3n) is 4.51. The highest BCUT2D eigenvalue weighted by Crippen LogP contribution is 2.41. The van der Waals surface area contributed by atoms with E-state index in [9.17, 15) is 0 Å². The van der Waals surface area contributed by atoms with Gasteiger partial charge in [0.25, 0.3) is 0 Å². The van der Waals surface area contributed by atoms with Crippen LogP contribution in [0.25, 0.3) is 5.57 Å². The Morgan fingerprint density at radius 1 is 1.00 bits per heavy atom. The second-order valence-corrected chi connectivity index (χ2v) is 6.19. The summed E-state index contributed by atoms with van der Waals surface area (Å²) in [5.41, 5.74) is 7.10. The van der Waals surface area contributed by atoms with Crippen LogP contribution < -0.4 is 0 Å². The third kappa shape index (κ3) is 2.90. The Bertz CT molecular complexity index is 623. The summed E-state index contributed by atoms with van der Waals surface area (Å²) in [4.78, 5) is 0. The average Bonchev–Trinajstić information content (AvgIpc) is 2.71. The molecule has 1 aliphatic carbocycles. The van der Waals surface area contributed by atoms with Crippen molar-refractivity contribution in [3.05, 3.63) is 64.4 Å². The normalized spacial score (nSPS) is 16.7. The third-order valence-corrected chi connectivity index (χ3v) is 4.51. The predicted octanol–water partition coefficient (Wildman–Crippen LogP) is 6.17. The maximum absolute atomic E-state index is 6.13. The molecular weight excluding hydrogens is 268 g/mol. The monoisotopic (exact) mass is 294 g/mol. The fourth-order valence-electron chi connectivity index (χ4n) is 3.56. The van der Waals surface area contributed by atoms with Gasteiger partial charge in [0.05, 0.1) is 0 Å². The number of ether oxygens (including phenoxy) is 1. The minimum Gasteiger partial charge on any atom is -0.489 e. The quantitative estimate of drug-likeness (QED) is 0.644. The van der Waals surface area contributed by atoms with Gasteiger partial charge in [0.2, 0.25) is 0 Å². The Kier molecular flexibility index (Phi) is 4.82. The zero-order chi connectivity index (χ0) is 15.4. The van der Waals surface area contributed by atoms with E-state index >= 15 is 0 Å². The van der Waals surface area contributed by atoms with Crippen LogP contribution in [0.15, 0.2) is 53.3 Å². The Labute approximate surface area is 134 Å². The maximum Gasteiger partial charge on any atom is 0.123 e. The molecule has 0 radical (unpaired) electrons. The van der Waals surface area contributed by atoms with Crippen LogP contribution in [-0.4, -0.2) is 0 Å². The van der Waals surface area contributed by atoms with Gasteiger partial charge in [-0.2, -0.15) is 0 Å². The molecule has 0 saturated heterocycles. The van der Waals surface area contributed by atoms with E-state index in [1.807, 2.05) is 0 Å². The summed E-state index contributed by atoms with van der Waals surface area (Å²) in [7, 11) is 0. The number of hydrogen-bond donors (Lipinski definition) is 0. The van der Waals surface area contributed by atoms with E-state index in [1.165, 1.54) is 48.0 Å². The molecule has 0 aromatic heterocycles. The highest BCUT2D eigenvalue weighted by Gasteiger charge is 2.24. The molecule has 1 aromatic rings. The minimum atomic E-state index is 0.689. The molecule has 0 spiro atoms. The maximum atomic E-state index is 6.13. The Balaban J connectivity index is 2.21. The Morgan fingerprint density at radius 3 is 2.50 bits per heavy atom. The van der Waals surface area contributed by atoms with Crippen molar-refractivity contribution in [2.45, 2.75) is 59.0 Å². The van der Waals surface area contributed by atoms with Crippen molar-refractivity contribution < 1.29 is 4.74 Å². The van der Waals surface area contributed by atoms with Crippen LogP contribution in [-0.2, 0) is 11.3 Å². The number of rotatable bonds is 4. The lowest BCUT2D eigenvalue weighted by Gasteiger charge is -2.20. The van der Waals surface area contributed by atoms with E-state index in [1.54, 1.807) is 5.57 Å². The first-order valence-corrected chi connectivity index (χ1v) is 8.69. The first-order chi connectivity index (χ1) is 10.8. The molecule has 0 fully saturated rings. The predicted molar refractivity (Wildman–Crippen MR) is 93.4 cm³/mol. The summed E-state index contributed by atoms with van der Waals surface area (Å²) in [5, 5.41) is 0. The summed E-state index contributed by atoms with van der Waals surface area (Å²) < 4.78 is 6.13. The van der Waals surface area contributed by atoms with Crippen molar-refractivity contribution in [2.24, 2.45) is 0 Å². The fraction of sp³-hybridized carbons (Fsp3) is 0.429. The number of allylic oxidation sites excluding steroid dienone is 4. The van der Waals surface area contributed by atoms with Gasteiger partial charge in [-0.3, -0.25) is 0 Å². The lowest BCUT2D eigenvalue weighted by Crippen LogP contribution is -2.01. The molecule has 1 heterocycles. The molecular formula is C21H26O. The van der Waals surface area contributed by atoms with Crippen LogP contribution in [0, 0.1) is 0 Å². The van der Waals surface area contributed by atoms with E-state index in [2.05, 4.69) is 50.3 Å². The van der Waals surface area contributed by atoms with Gasteiger partial charge >= 0.3 is 0 Å². The van der Waals surface area contributed by atoms with Gasteiger partial charge in [-0.05, 0) is 48.5 Å². The summed E-state index contributed by atoms with van der Waals surface area (Å²) in [6.07, 6.45) is 11.7. The van der Waals surface area contributed by atoms with Crippen molar-refractivity contribution >= 4 is 5.57 Å². The standard InChI is InChI=1S/C21H26O/c1-3-9-16(10-4-2)21-18-12-6-5-11-17(18)15-22-20-14-8-7-13-19(20)21/h5-6,11-14H,3-4,7-10,15H2,1-2H3. The van der Waals surface area contributed by atoms with E-state index in [0.29, 0.717) is 6.61 Å². The molecule has 2 aliphatic rings. The van der Waals surface area contributed by atoms with E-state index in [4.69, 9.17) is 4.74 Å². The molecule has 0 saturated carbocycles. The van der Waals surface area contributed by atoms with Crippen LogP contribution >= 0.6 is 0 Å². The van der Waals surface area contributed by atoms with Gasteiger partial charge < -0.3 is 4.74 Å². The van der Waals surface area contributed by atoms with E-state index in [-0.39, 0.29) is 0 Å². The molecule has 0 bridgehead atoms. The van der Waals surface area contributed by atoms with Crippen molar-refractivity contribution in [3.8, 4) is 0 Å². The number of fused-ring (bicyclic) bond motifs is 2. The Hall–Kier alpha value is -1.76. The van der Waals surface area contributed by atoms with E-state index in [0.717, 1.165) is 18.6 Å². The average molecular weight is 294 g/mol. The van der Waals surface area contributed by atoms with Crippen molar-refractivity contribution in [1.82, 2.24) is 0 Å². The number of benzene rings is 1. The van der Waals surface area contributed by atoms with Crippen LogP contribution in [0.5, 0.6) is 0 Å². The first kappa shape index (κ1) is 15.1. The summed E-state index contributed by atoms with van der Waals surface area (Å²) in [5.74, 6) is 1.10. The largest absolute Gasteiger partial charge is 0.489 e. The highest BCUT2D eigenvalue weighted by molar-refractivity contribution is 5.87. The van der Waals surface area contributed by atoms with Crippen LogP contribution in [0.4, 0.5) is 0 Å². The zero-order valence-corrected chi connectivity index (χ0v) is 13.8. The summed E-state index contributed by atoms with van der Waals surface area (Å²) in [6, 6.07) is 8.77. The SMILES string of the molecule is CCCC(CCC)=C1C2=CCCC=C2OCc2ccccc21. The second-order valence-electron chi connectivity index (χ2n) is 6.19. The highest BCUT2D eigenvalue weighted by atomic mass is 16.5. The lowest BCUT2D eigenvalue weighted by molar-refractivity contribution is 0.208. The fourth-order valence-corrected chi connectivity index (χ4v) is 3.56. The molecule has 116 valence electrons. The molecule has 1 heteroatoms. The molecule has 0 N–H and O–H groups in total. The van der Waals surface area contributed by atoms with Gasteiger partial charge in [-0.15, -0.1) is 0 Å². The summed E-state index contributed by atoms with van der Waals surface area (Å²) in [6.45, 7) is 5.25. The molecule has 0 atom stereocenters. The van der Waals surface area contributed by atoms with Crippen molar-refractivity contribution in [1.29, 1.82) is 0 Å². The molecule has 3 rings (SSSR count). The topological polar surface area (TPSA) is 9.23 Å². The first-order valence-electron chi connectivity index (χ1n) is 8.69.